The van der Waals surface area contributed by atoms with E-state index >= 15 is 0 Å². The van der Waals surface area contributed by atoms with Crippen LogP contribution in [0.4, 0.5) is 5.69 Å². The van der Waals surface area contributed by atoms with Crippen molar-refractivity contribution < 1.29 is 23.1 Å². The maximum absolute atomic E-state index is 13.8. The number of aliphatic hydroxyl groups is 1. The maximum atomic E-state index is 13.8. The second-order valence-corrected chi connectivity index (χ2v) is 14.3. The van der Waals surface area contributed by atoms with E-state index in [2.05, 4.69) is 16.0 Å². The summed E-state index contributed by atoms with van der Waals surface area (Å²) in [5.41, 5.74) is 3.48. The second kappa shape index (κ2) is 13.7. The number of sulfonamides is 1. The fourth-order valence-electron chi connectivity index (χ4n) is 6.35. The van der Waals surface area contributed by atoms with E-state index < -0.39 is 34.1 Å². The Hall–Kier alpha value is -3.41. The van der Waals surface area contributed by atoms with Gasteiger partial charge in [0.05, 0.1) is 35.1 Å². The highest BCUT2D eigenvalue weighted by Gasteiger charge is 2.30. The van der Waals surface area contributed by atoms with Crippen LogP contribution < -0.4 is 20.3 Å². The lowest BCUT2D eigenvalue weighted by molar-refractivity contribution is -0.123. The molecule has 2 amide bonds. The number of aliphatic hydroxyl groups excluding tert-OH is 1. The first kappa shape index (κ1) is 32.0. The van der Waals surface area contributed by atoms with Gasteiger partial charge < -0.3 is 25.6 Å². The predicted octanol–water partition coefficient (Wildman–Crippen LogP) is 3.11. The summed E-state index contributed by atoms with van der Waals surface area (Å²) < 4.78 is 29.2. The van der Waals surface area contributed by atoms with E-state index in [4.69, 9.17) is 0 Å². The summed E-state index contributed by atoms with van der Waals surface area (Å²) in [5, 5.41) is 21.5. The van der Waals surface area contributed by atoms with Gasteiger partial charge in [0.15, 0.2) is 0 Å². The first-order valence-electron chi connectivity index (χ1n) is 15.8. The number of benzene rings is 2. The SMILES string of the molecule is CCn1cc2c3c(cc(C(=O)N[C@@H](Cc4ccccc4)[C@H](O)CN[C@@H](C)C(=O)NC4CCCCC4)cc31)N(C)S(=O)(=O)CC2. The normalized spacial score (nSPS) is 18.8. The molecule has 3 aromatic rings. The van der Waals surface area contributed by atoms with Crippen LogP contribution in [-0.2, 0) is 34.2 Å². The average Bonchev–Trinajstić information content (AvgIpc) is 3.35. The third-order valence-corrected chi connectivity index (χ3v) is 10.8. The molecule has 0 bridgehead atoms. The lowest BCUT2D eigenvalue weighted by Gasteiger charge is -2.28. The van der Waals surface area contributed by atoms with Crippen molar-refractivity contribution in [3.05, 3.63) is 65.4 Å². The van der Waals surface area contributed by atoms with Crippen LogP contribution in [0.15, 0.2) is 48.7 Å². The van der Waals surface area contributed by atoms with E-state index in [1.165, 1.54) is 17.8 Å². The van der Waals surface area contributed by atoms with E-state index in [0.29, 0.717) is 30.6 Å². The quantitative estimate of drug-likeness (QED) is 0.260. The van der Waals surface area contributed by atoms with Crippen molar-refractivity contribution in [1.29, 1.82) is 0 Å². The van der Waals surface area contributed by atoms with Gasteiger partial charge in [0.1, 0.15) is 0 Å². The molecule has 0 radical (unpaired) electrons. The number of nitrogens with zero attached hydrogens (tertiary/aromatic N) is 2. The second-order valence-electron chi connectivity index (χ2n) is 12.2. The Labute approximate surface area is 260 Å². The van der Waals surface area contributed by atoms with Crippen LogP contribution in [0.1, 0.15) is 67.4 Å². The number of carbonyl (C=O) groups excluding carboxylic acids is 2. The molecule has 10 nitrogen and oxygen atoms in total. The van der Waals surface area contributed by atoms with Gasteiger partial charge >= 0.3 is 0 Å². The largest absolute Gasteiger partial charge is 0.390 e. The lowest BCUT2D eigenvalue weighted by atomic mass is 9.95. The Kier molecular flexibility index (Phi) is 9.97. The Bertz CT molecular complexity index is 1580. The molecule has 238 valence electrons. The molecule has 1 fully saturated rings. The van der Waals surface area contributed by atoms with Crippen LogP contribution in [0.2, 0.25) is 0 Å². The molecule has 2 aliphatic rings. The van der Waals surface area contributed by atoms with Crippen LogP contribution in [0.3, 0.4) is 0 Å². The average molecular weight is 624 g/mol. The minimum absolute atomic E-state index is 0.00200. The van der Waals surface area contributed by atoms with Crippen LogP contribution in [-0.4, -0.2) is 73.5 Å². The summed E-state index contributed by atoms with van der Waals surface area (Å²) in [6.07, 6.45) is 7.20. The van der Waals surface area contributed by atoms with Crippen LogP contribution in [0.5, 0.6) is 0 Å². The summed E-state index contributed by atoms with van der Waals surface area (Å²) in [5.74, 6) is -0.507. The van der Waals surface area contributed by atoms with E-state index in [-0.39, 0.29) is 24.2 Å². The van der Waals surface area contributed by atoms with Crippen molar-refractivity contribution in [2.45, 2.75) is 89.6 Å². The smallest absolute Gasteiger partial charge is 0.251 e. The van der Waals surface area contributed by atoms with Crippen molar-refractivity contribution in [2.24, 2.45) is 0 Å². The van der Waals surface area contributed by atoms with Crippen molar-refractivity contribution >= 4 is 38.4 Å². The Balaban J connectivity index is 1.36. The third kappa shape index (κ3) is 7.11. The maximum Gasteiger partial charge on any atom is 0.251 e. The number of rotatable bonds is 11. The number of carbonyl (C=O) groups is 2. The van der Waals surface area contributed by atoms with Gasteiger partial charge in [-0.3, -0.25) is 13.9 Å². The fourth-order valence-corrected chi connectivity index (χ4v) is 7.55. The molecule has 0 spiro atoms. The van der Waals surface area contributed by atoms with Crippen LogP contribution in [0.25, 0.3) is 10.9 Å². The summed E-state index contributed by atoms with van der Waals surface area (Å²) in [4.78, 5) is 26.6. The number of amides is 2. The van der Waals surface area contributed by atoms with Gasteiger partial charge in [0.25, 0.3) is 5.91 Å². The van der Waals surface area contributed by atoms with Crippen molar-refractivity contribution in [3.63, 3.8) is 0 Å². The lowest BCUT2D eigenvalue weighted by Crippen LogP contribution is -2.53. The molecule has 1 aliphatic carbocycles. The molecule has 1 aliphatic heterocycles. The number of aromatic nitrogens is 1. The molecular formula is C33H45N5O5S. The molecule has 2 heterocycles. The van der Waals surface area contributed by atoms with Crippen molar-refractivity contribution in [3.8, 4) is 0 Å². The summed E-state index contributed by atoms with van der Waals surface area (Å²) in [6.45, 7) is 4.56. The summed E-state index contributed by atoms with van der Waals surface area (Å²) in [7, 11) is -2.01. The molecule has 5 rings (SSSR count). The number of hydrogen-bond acceptors (Lipinski definition) is 6. The number of nitrogens with one attached hydrogen (secondary N) is 3. The van der Waals surface area contributed by atoms with Gasteiger partial charge in [-0.2, -0.15) is 0 Å². The Morgan fingerprint density at radius 1 is 1.09 bits per heavy atom. The molecule has 1 aromatic heterocycles. The zero-order valence-corrected chi connectivity index (χ0v) is 26.7. The topological polar surface area (TPSA) is 133 Å². The van der Waals surface area contributed by atoms with Gasteiger partial charge in [0, 0.05) is 43.3 Å². The molecule has 4 N–H and O–H groups in total. The highest BCUT2D eigenvalue weighted by Crippen LogP contribution is 2.37. The fraction of sp³-hybridized carbons (Fsp3) is 0.515. The van der Waals surface area contributed by atoms with Crippen molar-refractivity contribution in [2.75, 3.05) is 23.7 Å². The molecule has 11 heteroatoms. The molecule has 44 heavy (non-hydrogen) atoms. The first-order chi connectivity index (χ1) is 21.1. The highest BCUT2D eigenvalue weighted by molar-refractivity contribution is 7.92. The first-order valence-corrected chi connectivity index (χ1v) is 17.4. The van der Waals surface area contributed by atoms with Gasteiger partial charge in [-0.05, 0) is 62.8 Å². The molecule has 0 unspecified atom stereocenters. The Morgan fingerprint density at radius 2 is 1.82 bits per heavy atom. The van der Waals surface area contributed by atoms with E-state index in [9.17, 15) is 23.1 Å². The molecule has 3 atom stereocenters. The van der Waals surface area contributed by atoms with Gasteiger partial charge in [-0.15, -0.1) is 0 Å². The molecule has 2 aromatic carbocycles. The zero-order valence-electron chi connectivity index (χ0n) is 25.9. The number of anilines is 1. The standard InChI is InChI=1S/C33H45N5O5S/c1-4-38-21-24-15-16-44(42,43)37(3)28-18-25(19-29(38)31(24)28)33(41)36-27(17-23-11-7-5-8-12-23)30(39)20-34-22(2)32(40)35-26-13-9-6-10-14-26/h5,7-8,11-12,18-19,21-22,26-27,30,34,39H,4,6,9-10,13-17,20H2,1-3H3,(H,35,40)(H,36,41)/t22-,27-,30+/m0/s1. The van der Waals surface area contributed by atoms with Crippen molar-refractivity contribution in [1.82, 2.24) is 20.5 Å². The van der Waals surface area contributed by atoms with E-state index in [0.717, 1.165) is 47.7 Å². The summed E-state index contributed by atoms with van der Waals surface area (Å²) >= 11 is 0. The van der Waals surface area contributed by atoms with E-state index in [1.807, 2.05) is 48.0 Å². The Morgan fingerprint density at radius 3 is 2.52 bits per heavy atom. The van der Waals surface area contributed by atoms with Gasteiger partial charge in [0.2, 0.25) is 15.9 Å². The molecule has 0 saturated heterocycles. The monoisotopic (exact) mass is 623 g/mol. The summed E-state index contributed by atoms with van der Waals surface area (Å²) in [6, 6.07) is 12.1. The van der Waals surface area contributed by atoms with Gasteiger partial charge in [-0.25, -0.2) is 8.42 Å². The van der Waals surface area contributed by atoms with Crippen LogP contribution in [0, 0.1) is 0 Å². The minimum atomic E-state index is -3.54. The predicted molar refractivity (Wildman–Crippen MR) is 173 cm³/mol. The molecular weight excluding hydrogens is 578 g/mol. The minimum Gasteiger partial charge on any atom is -0.390 e. The number of hydrogen-bond donors (Lipinski definition) is 4. The third-order valence-electron chi connectivity index (χ3n) is 9.09. The number of aryl methyl sites for hydroxylation is 2. The zero-order chi connectivity index (χ0) is 31.4. The molecule has 1 saturated carbocycles. The van der Waals surface area contributed by atoms with E-state index in [1.54, 1.807) is 19.1 Å². The highest BCUT2D eigenvalue weighted by atomic mass is 32.2. The van der Waals surface area contributed by atoms with Crippen LogP contribution >= 0.6 is 0 Å². The van der Waals surface area contributed by atoms with Gasteiger partial charge in [-0.1, -0.05) is 49.6 Å².